The molecule has 0 fully saturated rings. The molecule has 2 atom stereocenters. The minimum atomic E-state index is -1.24. The number of aromatic amines is 1. The van der Waals surface area contributed by atoms with Gasteiger partial charge >= 0.3 is 0 Å². The third-order valence-electron chi connectivity index (χ3n) is 6.30. The first-order valence-electron chi connectivity index (χ1n) is 13.5. The van der Waals surface area contributed by atoms with E-state index in [1.165, 1.54) is 0 Å². The molecule has 0 spiro atoms. The lowest BCUT2D eigenvalue weighted by molar-refractivity contribution is -0.109. The van der Waals surface area contributed by atoms with Gasteiger partial charge in [0, 0.05) is 42.7 Å². The fraction of sp³-hybridized carbons (Fsp3) is 0.533. The molecule has 1 aromatic heterocycles. The number of carbonyl (C=O) groups excluding carboxylic acids is 1. The summed E-state index contributed by atoms with van der Waals surface area (Å²) >= 11 is 1.62. The molecule has 1 aliphatic heterocycles. The van der Waals surface area contributed by atoms with Gasteiger partial charge in [-0.1, -0.05) is 78.9 Å². The Morgan fingerprint density at radius 3 is 2.41 bits per heavy atom. The molecule has 2 aromatic rings. The molecule has 0 saturated heterocycles. The first-order chi connectivity index (χ1) is 17.8. The van der Waals surface area contributed by atoms with Crippen molar-refractivity contribution < 1.29 is 9.90 Å². The number of hydrogen-bond acceptors (Lipinski definition) is 6. The number of hydrogen-bond donors (Lipinski definition) is 2. The highest BCUT2D eigenvalue weighted by molar-refractivity contribution is 8.03. The lowest BCUT2D eigenvalue weighted by Crippen LogP contribution is -2.46. The molecule has 2 heterocycles. The van der Waals surface area contributed by atoms with E-state index in [0.29, 0.717) is 38.2 Å². The predicted octanol–water partition coefficient (Wildman–Crippen LogP) is 6.91. The summed E-state index contributed by atoms with van der Waals surface area (Å²) in [4.78, 5) is 24.9. The molecule has 0 aliphatic carbocycles. The van der Waals surface area contributed by atoms with Crippen molar-refractivity contribution in [2.75, 3.05) is 38.1 Å². The van der Waals surface area contributed by atoms with E-state index in [9.17, 15) is 9.90 Å². The summed E-state index contributed by atoms with van der Waals surface area (Å²) in [6, 6.07) is 8.36. The van der Waals surface area contributed by atoms with Crippen LogP contribution in [0.4, 0.5) is 5.69 Å². The molecule has 0 radical (unpaired) electrons. The van der Waals surface area contributed by atoms with Gasteiger partial charge in [0.25, 0.3) is 0 Å². The second-order valence-corrected chi connectivity index (χ2v) is 9.65. The number of aromatic nitrogens is 2. The number of benzene rings is 1. The number of H-pyrrole nitrogens is 1. The molecule has 2 bridgehead atoms. The molecule has 1 aromatic carbocycles. The van der Waals surface area contributed by atoms with Crippen molar-refractivity contribution in [3.63, 3.8) is 0 Å². The van der Waals surface area contributed by atoms with Crippen LogP contribution in [0.5, 0.6) is 0 Å². The molecule has 0 saturated carbocycles. The lowest BCUT2D eigenvalue weighted by Gasteiger charge is -2.44. The summed E-state index contributed by atoms with van der Waals surface area (Å²) in [5.74, 6) is 0. The predicted molar refractivity (Wildman–Crippen MR) is 161 cm³/mol. The van der Waals surface area contributed by atoms with Gasteiger partial charge in [0.1, 0.15) is 11.9 Å². The Hall–Kier alpha value is -2.35. The van der Waals surface area contributed by atoms with Crippen LogP contribution < -0.4 is 4.90 Å². The standard InChI is InChI=1S/C24H32N4O2S.3C2H6/c1-5-23(3)16-19(2)31-21-8-6-7-20(15-21)27(4)11-12-28(13-14-29)10-9-24(23,30)22-17-25-18-26-22;3*1-2/h5-8,14-15,17-18,30H,1-2,9-13,16H2,3-4H3,(H,25,26);3*1-2H3. The van der Waals surface area contributed by atoms with Crippen LogP contribution in [0.2, 0.25) is 0 Å². The number of carbonyl (C=O) groups is 1. The molecule has 7 heteroatoms. The number of aldehydes is 1. The number of likely N-dealkylation sites (N-methyl/N-ethyl adjacent to an activating group) is 1. The van der Waals surface area contributed by atoms with Crippen LogP contribution in [0.3, 0.4) is 0 Å². The summed E-state index contributed by atoms with van der Waals surface area (Å²) in [7, 11) is 2.05. The zero-order valence-corrected chi connectivity index (χ0v) is 25.2. The normalized spacial score (nSPS) is 22.5. The number of thioether (sulfide) groups is 1. The monoisotopic (exact) mass is 530 g/mol. The average Bonchev–Trinajstić information content (AvgIpc) is 3.48. The summed E-state index contributed by atoms with van der Waals surface area (Å²) in [6.07, 6.45) is 6.96. The van der Waals surface area contributed by atoms with E-state index >= 15 is 0 Å². The summed E-state index contributed by atoms with van der Waals surface area (Å²) in [5, 5.41) is 12.0. The van der Waals surface area contributed by atoms with E-state index in [-0.39, 0.29) is 0 Å². The minimum absolute atomic E-state index is 0.320. The van der Waals surface area contributed by atoms with E-state index in [2.05, 4.69) is 58.2 Å². The van der Waals surface area contributed by atoms with Gasteiger partial charge in [0.05, 0.1) is 24.8 Å². The maximum absolute atomic E-state index is 12.0. The highest BCUT2D eigenvalue weighted by Gasteiger charge is 2.47. The summed E-state index contributed by atoms with van der Waals surface area (Å²) in [6.45, 7) is 24.7. The highest BCUT2D eigenvalue weighted by atomic mass is 32.2. The van der Waals surface area contributed by atoms with Gasteiger partial charge in [-0.2, -0.15) is 0 Å². The van der Waals surface area contributed by atoms with Crippen LogP contribution in [0.1, 0.15) is 67.0 Å². The van der Waals surface area contributed by atoms with Crippen LogP contribution in [0.15, 0.2) is 65.8 Å². The molecule has 37 heavy (non-hydrogen) atoms. The van der Waals surface area contributed by atoms with Crippen molar-refractivity contribution in [3.05, 3.63) is 66.6 Å². The summed E-state index contributed by atoms with van der Waals surface area (Å²) < 4.78 is 0. The van der Waals surface area contributed by atoms with E-state index in [1.54, 1.807) is 24.3 Å². The van der Waals surface area contributed by atoms with E-state index < -0.39 is 11.0 Å². The van der Waals surface area contributed by atoms with Crippen LogP contribution in [0, 0.1) is 5.41 Å². The molecular formula is C30H50N4O2S. The maximum Gasteiger partial charge on any atom is 0.133 e. The van der Waals surface area contributed by atoms with Crippen LogP contribution in [-0.4, -0.2) is 59.5 Å². The average molecular weight is 531 g/mol. The molecule has 6 nitrogen and oxygen atoms in total. The van der Waals surface area contributed by atoms with Crippen LogP contribution in [-0.2, 0) is 10.4 Å². The Morgan fingerprint density at radius 1 is 1.16 bits per heavy atom. The number of rotatable bonds is 4. The van der Waals surface area contributed by atoms with Crippen molar-refractivity contribution in [2.24, 2.45) is 5.41 Å². The SMILES string of the molecule is C=CC1(C)CC(=C)Sc2cccc(c2)N(C)CCN(CC=O)CCC1(O)c1cnc[nH]1.CC.CC.CC. The third kappa shape index (κ3) is 9.47. The molecule has 3 rings (SSSR count). The van der Waals surface area contributed by atoms with Crippen molar-refractivity contribution in [1.29, 1.82) is 0 Å². The van der Waals surface area contributed by atoms with Gasteiger partial charge in [0.2, 0.25) is 0 Å². The minimum Gasteiger partial charge on any atom is -0.383 e. The molecule has 208 valence electrons. The van der Waals surface area contributed by atoms with E-state index in [0.717, 1.165) is 28.3 Å². The Morgan fingerprint density at radius 2 is 1.84 bits per heavy atom. The fourth-order valence-electron chi connectivity index (χ4n) is 4.13. The quantitative estimate of drug-likeness (QED) is 0.331. The number of imidazole rings is 1. The van der Waals surface area contributed by atoms with Crippen molar-refractivity contribution in [2.45, 2.75) is 71.8 Å². The number of nitrogens with one attached hydrogen (secondary N) is 1. The molecular weight excluding hydrogens is 480 g/mol. The third-order valence-corrected chi connectivity index (χ3v) is 7.22. The maximum atomic E-state index is 12.0. The largest absolute Gasteiger partial charge is 0.383 e. The van der Waals surface area contributed by atoms with Crippen LogP contribution in [0.25, 0.3) is 0 Å². The highest BCUT2D eigenvalue weighted by Crippen LogP contribution is 2.49. The van der Waals surface area contributed by atoms with E-state index in [4.69, 9.17) is 0 Å². The second kappa shape index (κ2) is 18.0. The number of allylic oxidation sites excluding steroid dienone is 1. The Bertz CT molecular complexity index is 918. The Labute approximate surface area is 230 Å². The zero-order valence-electron chi connectivity index (χ0n) is 24.4. The topological polar surface area (TPSA) is 72.5 Å². The number of anilines is 1. The molecule has 0 amide bonds. The number of fused-ring (bicyclic) bond motifs is 2. The number of nitrogens with zero attached hydrogens (tertiary/aromatic N) is 3. The van der Waals surface area contributed by atoms with Gasteiger partial charge < -0.3 is 19.8 Å². The Balaban J connectivity index is 0.00000201. The van der Waals surface area contributed by atoms with Gasteiger partial charge in [-0.05, 0) is 35.9 Å². The van der Waals surface area contributed by atoms with Crippen molar-refractivity contribution >= 4 is 23.7 Å². The smallest absolute Gasteiger partial charge is 0.133 e. The number of aliphatic hydroxyl groups is 1. The van der Waals surface area contributed by atoms with Crippen molar-refractivity contribution in [3.8, 4) is 0 Å². The van der Waals surface area contributed by atoms with Gasteiger partial charge in [-0.3, -0.25) is 4.90 Å². The fourth-order valence-corrected chi connectivity index (χ4v) is 5.17. The zero-order chi connectivity index (χ0) is 28.5. The first-order valence-corrected chi connectivity index (χ1v) is 14.3. The molecule has 2 N–H and O–H groups in total. The second-order valence-electron chi connectivity index (χ2n) is 8.40. The van der Waals surface area contributed by atoms with Crippen LogP contribution >= 0.6 is 11.8 Å². The van der Waals surface area contributed by atoms with Gasteiger partial charge in [-0.15, -0.1) is 6.58 Å². The molecule has 2 unspecified atom stereocenters. The summed E-state index contributed by atoms with van der Waals surface area (Å²) in [5.41, 5.74) is -0.158. The van der Waals surface area contributed by atoms with Gasteiger partial charge in [-0.25, -0.2) is 4.98 Å². The lowest BCUT2D eigenvalue weighted by atomic mass is 9.67. The Kier molecular flexibility index (Phi) is 16.9. The molecule has 1 aliphatic rings. The first kappa shape index (κ1) is 34.6. The van der Waals surface area contributed by atoms with Gasteiger partial charge in [0.15, 0.2) is 0 Å². The van der Waals surface area contributed by atoms with Crippen molar-refractivity contribution in [1.82, 2.24) is 14.9 Å². The van der Waals surface area contributed by atoms with E-state index in [1.807, 2.05) is 60.6 Å².